The zero-order chi connectivity index (χ0) is 15.9. The van der Waals surface area contributed by atoms with E-state index in [1.54, 1.807) is 49.6 Å². The lowest BCUT2D eigenvalue weighted by atomic mass is 10.0. The number of aliphatic hydroxyl groups is 2. The standard InChI is InChI=1S/C17H20O5/c1-20-13-9-7-12(8-10-13)17(19)16(11-18)22-15-6-4-3-5-14(15)21-2/h3-10,16-19H,11H2,1-2H3/t16-,17+/m0/s1. The van der Waals surface area contributed by atoms with Gasteiger partial charge in [0.05, 0.1) is 20.8 Å². The summed E-state index contributed by atoms with van der Waals surface area (Å²) in [4.78, 5) is 0. The Morgan fingerprint density at radius 3 is 2.09 bits per heavy atom. The van der Waals surface area contributed by atoms with Crippen LogP contribution in [-0.4, -0.2) is 37.1 Å². The second-order valence-corrected chi connectivity index (χ2v) is 4.71. The number of aliphatic hydroxyl groups excluding tert-OH is 2. The van der Waals surface area contributed by atoms with Crippen molar-refractivity contribution in [3.8, 4) is 17.2 Å². The summed E-state index contributed by atoms with van der Waals surface area (Å²) in [5.41, 5.74) is 0.634. The molecule has 22 heavy (non-hydrogen) atoms. The van der Waals surface area contributed by atoms with E-state index >= 15 is 0 Å². The molecule has 2 rings (SSSR count). The van der Waals surface area contributed by atoms with Gasteiger partial charge in [0.25, 0.3) is 0 Å². The van der Waals surface area contributed by atoms with Gasteiger partial charge < -0.3 is 24.4 Å². The van der Waals surface area contributed by atoms with Crippen molar-refractivity contribution in [3.05, 3.63) is 54.1 Å². The average Bonchev–Trinajstić information content (AvgIpc) is 2.59. The van der Waals surface area contributed by atoms with Gasteiger partial charge in [0.1, 0.15) is 11.9 Å². The summed E-state index contributed by atoms with van der Waals surface area (Å²) in [5.74, 6) is 1.71. The molecule has 2 N–H and O–H groups in total. The maximum atomic E-state index is 10.4. The van der Waals surface area contributed by atoms with Gasteiger partial charge in [-0.05, 0) is 29.8 Å². The number of benzene rings is 2. The molecule has 2 aromatic carbocycles. The van der Waals surface area contributed by atoms with Crippen LogP contribution in [0, 0.1) is 0 Å². The van der Waals surface area contributed by atoms with Crippen molar-refractivity contribution in [1.29, 1.82) is 0 Å². The van der Waals surface area contributed by atoms with Crippen molar-refractivity contribution in [2.45, 2.75) is 12.2 Å². The quantitative estimate of drug-likeness (QED) is 0.820. The molecule has 0 spiro atoms. The van der Waals surface area contributed by atoms with Gasteiger partial charge in [-0.1, -0.05) is 24.3 Å². The van der Waals surface area contributed by atoms with Crippen molar-refractivity contribution in [2.75, 3.05) is 20.8 Å². The van der Waals surface area contributed by atoms with Gasteiger partial charge in [-0.25, -0.2) is 0 Å². The Morgan fingerprint density at radius 2 is 1.55 bits per heavy atom. The lowest BCUT2D eigenvalue weighted by Gasteiger charge is -2.23. The predicted molar refractivity (Wildman–Crippen MR) is 82.4 cm³/mol. The topological polar surface area (TPSA) is 68.2 Å². The van der Waals surface area contributed by atoms with Crippen LogP contribution in [0.4, 0.5) is 0 Å². The van der Waals surface area contributed by atoms with Crippen LogP contribution in [0.3, 0.4) is 0 Å². The zero-order valence-electron chi connectivity index (χ0n) is 12.6. The molecule has 5 heteroatoms. The molecule has 0 bridgehead atoms. The Balaban J connectivity index is 2.15. The molecule has 0 radical (unpaired) electrons. The van der Waals surface area contributed by atoms with Crippen LogP contribution < -0.4 is 14.2 Å². The van der Waals surface area contributed by atoms with Gasteiger partial charge in [-0.3, -0.25) is 0 Å². The summed E-state index contributed by atoms with van der Waals surface area (Å²) < 4.78 is 16.0. The van der Waals surface area contributed by atoms with E-state index in [9.17, 15) is 10.2 Å². The van der Waals surface area contributed by atoms with Crippen molar-refractivity contribution in [2.24, 2.45) is 0 Å². The number of methoxy groups -OCH3 is 2. The van der Waals surface area contributed by atoms with Gasteiger partial charge >= 0.3 is 0 Å². The van der Waals surface area contributed by atoms with Gasteiger partial charge in [-0.2, -0.15) is 0 Å². The molecule has 118 valence electrons. The van der Waals surface area contributed by atoms with Crippen molar-refractivity contribution in [3.63, 3.8) is 0 Å². The van der Waals surface area contributed by atoms with Gasteiger partial charge in [0, 0.05) is 0 Å². The van der Waals surface area contributed by atoms with E-state index in [-0.39, 0.29) is 6.61 Å². The normalized spacial score (nSPS) is 13.3. The summed E-state index contributed by atoms with van der Waals surface area (Å²) in [7, 11) is 3.11. The monoisotopic (exact) mass is 304 g/mol. The predicted octanol–water partition coefficient (Wildman–Crippen LogP) is 2.18. The molecule has 0 unspecified atom stereocenters. The molecule has 0 saturated carbocycles. The third-order valence-electron chi connectivity index (χ3n) is 3.34. The largest absolute Gasteiger partial charge is 0.497 e. The lowest BCUT2D eigenvalue weighted by molar-refractivity contribution is -0.000422. The van der Waals surface area contributed by atoms with Gasteiger partial charge in [-0.15, -0.1) is 0 Å². The molecule has 2 atom stereocenters. The van der Waals surface area contributed by atoms with Gasteiger partial charge in [0.2, 0.25) is 0 Å². The SMILES string of the molecule is COc1ccc([C@@H](O)[C@H](CO)Oc2ccccc2OC)cc1. The fourth-order valence-corrected chi connectivity index (χ4v) is 2.10. The zero-order valence-corrected chi connectivity index (χ0v) is 12.6. The fraction of sp³-hybridized carbons (Fsp3) is 0.294. The minimum atomic E-state index is -0.971. The number of hydrogen-bond donors (Lipinski definition) is 2. The number of para-hydroxylation sites is 2. The highest BCUT2D eigenvalue weighted by molar-refractivity contribution is 5.39. The van der Waals surface area contributed by atoms with Crippen LogP contribution in [-0.2, 0) is 0 Å². The maximum Gasteiger partial charge on any atom is 0.161 e. The molecule has 0 heterocycles. The Hall–Kier alpha value is -2.24. The van der Waals surface area contributed by atoms with Gasteiger partial charge in [0.15, 0.2) is 17.6 Å². The van der Waals surface area contributed by atoms with E-state index in [1.165, 1.54) is 7.11 Å². The highest BCUT2D eigenvalue weighted by Crippen LogP contribution is 2.30. The summed E-state index contributed by atoms with van der Waals surface area (Å²) in [6.07, 6.45) is -1.77. The van der Waals surface area contributed by atoms with E-state index in [0.29, 0.717) is 22.8 Å². The lowest BCUT2D eigenvalue weighted by Crippen LogP contribution is -2.29. The molecule has 2 aromatic rings. The Morgan fingerprint density at radius 1 is 0.909 bits per heavy atom. The van der Waals surface area contributed by atoms with E-state index < -0.39 is 12.2 Å². The number of ether oxygens (including phenoxy) is 3. The van der Waals surface area contributed by atoms with E-state index in [4.69, 9.17) is 14.2 Å². The minimum absolute atomic E-state index is 0.328. The molecule has 0 fully saturated rings. The molecule has 0 amide bonds. The van der Waals surface area contributed by atoms with Crippen LogP contribution >= 0.6 is 0 Å². The Kier molecular flexibility index (Phi) is 5.63. The average molecular weight is 304 g/mol. The fourth-order valence-electron chi connectivity index (χ4n) is 2.10. The first-order chi connectivity index (χ1) is 10.7. The van der Waals surface area contributed by atoms with Crippen molar-refractivity contribution in [1.82, 2.24) is 0 Å². The Bertz CT molecular complexity index is 582. The van der Waals surface area contributed by atoms with Crippen LogP contribution in [0.1, 0.15) is 11.7 Å². The first-order valence-corrected chi connectivity index (χ1v) is 6.92. The summed E-state index contributed by atoms with van der Waals surface area (Å²) >= 11 is 0. The molecule has 0 saturated heterocycles. The van der Waals surface area contributed by atoms with Crippen molar-refractivity contribution >= 4 is 0 Å². The molecular formula is C17H20O5. The molecular weight excluding hydrogens is 284 g/mol. The molecule has 0 aliphatic heterocycles. The first-order valence-electron chi connectivity index (χ1n) is 6.92. The third kappa shape index (κ3) is 3.69. The summed E-state index contributed by atoms with van der Waals surface area (Å²) in [6, 6.07) is 14.1. The summed E-state index contributed by atoms with van der Waals surface area (Å²) in [6.45, 7) is -0.328. The molecule has 0 aromatic heterocycles. The Labute approximate surface area is 129 Å². The maximum absolute atomic E-state index is 10.4. The highest BCUT2D eigenvalue weighted by atomic mass is 16.5. The highest BCUT2D eigenvalue weighted by Gasteiger charge is 2.23. The van der Waals surface area contributed by atoms with Crippen LogP contribution in [0.5, 0.6) is 17.2 Å². The van der Waals surface area contributed by atoms with Crippen LogP contribution in [0.15, 0.2) is 48.5 Å². The van der Waals surface area contributed by atoms with E-state index in [1.807, 2.05) is 6.07 Å². The van der Waals surface area contributed by atoms with Crippen molar-refractivity contribution < 1.29 is 24.4 Å². The second kappa shape index (κ2) is 7.68. The smallest absolute Gasteiger partial charge is 0.161 e. The van der Waals surface area contributed by atoms with Crippen LogP contribution in [0.25, 0.3) is 0 Å². The third-order valence-corrected chi connectivity index (χ3v) is 3.34. The second-order valence-electron chi connectivity index (χ2n) is 4.71. The summed E-state index contributed by atoms with van der Waals surface area (Å²) in [5, 5.41) is 19.9. The van der Waals surface area contributed by atoms with E-state index in [2.05, 4.69) is 0 Å². The first kappa shape index (κ1) is 16.1. The molecule has 5 nitrogen and oxygen atoms in total. The van der Waals surface area contributed by atoms with E-state index in [0.717, 1.165) is 0 Å². The number of hydrogen-bond acceptors (Lipinski definition) is 5. The van der Waals surface area contributed by atoms with Crippen LogP contribution in [0.2, 0.25) is 0 Å². The molecule has 0 aliphatic rings. The number of rotatable bonds is 7. The minimum Gasteiger partial charge on any atom is -0.497 e. The molecule has 0 aliphatic carbocycles.